The van der Waals surface area contributed by atoms with Gasteiger partial charge >= 0.3 is 0 Å². The first kappa shape index (κ1) is 12.9. The van der Waals surface area contributed by atoms with Crippen LogP contribution in [-0.4, -0.2) is 19.1 Å². The van der Waals surface area contributed by atoms with Crippen molar-refractivity contribution >= 4 is 25.4 Å². The monoisotopic (exact) mass is 267 g/mol. The van der Waals surface area contributed by atoms with E-state index in [1.807, 2.05) is 0 Å². The van der Waals surface area contributed by atoms with Gasteiger partial charge in [-0.3, -0.25) is 10.1 Å². The Bertz CT molecular complexity index is 517. The fraction of sp³-hybridized carbons (Fsp3) is 0.250. The van der Waals surface area contributed by atoms with E-state index >= 15 is 0 Å². The molecule has 0 aromatic heterocycles. The maximum absolute atomic E-state index is 13.1. The molecule has 0 fully saturated rings. The zero-order valence-electron chi connectivity index (χ0n) is 7.89. The number of non-ortho nitro benzene ring substituents is 1. The van der Waals surface area contributed by atoms with Gasteiger partial charge in [0.25, 0.3) is 5.69 Å². The van der Waals surface area contributed by atoms with Crippen molar-refractivity contribution < 1.29 is 17.7 Å². The molecule has 88 valence electrons. The van der Waals surface area contributed by atoms with Gasteiger partial charge in [-0.1, -0.05) is 0 Å². The molecule has 1 aromatic carbocycles. The Morgan fingerprint density at radius 2 is 2.06 bits per heavy atom. The highest BCUT2D eigenvalue weighted by Crippen LogP contribution is 2.18. The minimum atomic E-state index is -3.74. The summed E-state index contributed by atoms with van der Waals surface area (Å²) in [6.45, 7) is 0. The van der Waals surface area contributed by atoms with Gasteiger partial charge in [0.1, 0.15) is 5.82 Å². The molecule has 0 radical (unpaired) electrons. The maximum Gasteiger partial charge on any atom is 0.269 e. The van der Waals surface area contributed by atoms with E-state index in [1.54, 1.807) is 0 Å². The summed E-state index contributed by atoms with van der Waals surface area (Å²) in [5.74, 6) is -1.15. The van der Waals surface area contributed by atoms with Crippen LogP contribution >= 0.6 is 10.7 Å². The number of hydrogen-bond acceptors (Lipinski definition) is 4. The van der Waals surface area contributed by atoms with Gasteiger partial charge in [0, 0.05) is 22.8 Å². The number of halogens is 2. The zero-order chi connectivity index (χ0) is 12.3. The van der Waals surface area contributed by atoms with E-state index in [0.29, 0.717) is 0 Å². The van der Waals surface area contributed by atoms with Crippen molar-refractivity contribution in [2.45, 2.75) is 6.42 Å². The second-order valence-corrected chi connectivity index (χ2v) is 5.92. The predicted octanol–water partition coefficient (Wildman–Crippen LogP) is 1.85. The molecule has 0 aliphatic heterocycles. The van der Waals surface area contributed by atoms with Crippen molar-refractivity contribution in [2.24, 2.45) is 0 Å². The standard InChI is InChI=1S/C8H7ClFNO4S/c9-16(14,15)4-3-6-5-7(11(12)13)1-2-8(6)10/h1-2,5H,3-4H2. The SMILES string of the molecule is O=[N+]([O-])c1ccc(F)c(CCS(=O)(=O)Cl)c1. The largest absolute Gasteiger partial charge is 0.269 e. The summed E-state index contributed by atoms with van der Waals surface area (Å²) in [6.07, 6.45) is -0.195. The maximum atomic E-state index is 13.1. The van der Waals surface area contributed by atoms with Crippen LogP contribution in [0.3, 0.4) is 0 Å². The molecular formula is C8H7ClFNO4S. The Balaban J connectivity index is 2.95. The van der Waals surface area contributed by atoms with Crippen molar-refractivity contribution in [3.63, 3.8) is 0 Å². The van der Waals surface area contributed by atoms with Crippen molar-refractivity contribution in [3.05, 3.63) is 39.7 Å². The number of rotatable bonds is 4. The number of nitro benzene ring substituents is 1. The molecule has 0 unspecified atom stereocenters. The van der Waals surface area contributed by atoms with Crippen molar-refractivity contribution in [2.75, 3.05) is 5.75 Å². The summed E-state index contributed by atoms with van der Waals surface area (Å²) < 4.78 is 34.4. The lowest BCUT2D eigenvalue weighted by atomic mass is 10.1. The number of nitrogens with zero attached hydrogens (tertiary/aromatic N) is 1. The highest BCUT2D eigenvalue weighted by Gasteiger charge is 2.13. The van der Waals surface area contributed by atoms with Crippen LogP contribution in [0.2, 0.25) is 0 Å². The smallest absolute Gasteiger partial charge is 0.258 e. The molecule has 8 heteroatoms. The van der Waals surface area contributed by atoms with Crippen LogP contribution in [0, 0.1) is 15.9 Å². The van der Waals surface area contributed by atoms with E-state index in [2.05, 4.69) is 0 Å². The average Bonchev–Trinajstić information content (AvgIpc) is 2.14. The van der Waals surface area contributed by atoms with Crippen LogP contribution < -0.4 is 0 Å². The topological polar surface area (TPSA) is 77.3 Å². The fourth-order valence-electron chi connectivity index (χ4n) is 1.10. The first-order valence-corrected chi connectivity index (χ1v) is 6.62. The third-order valence-corrected chi connectivity index (χ3v) is 3.01. The van der Waals surface area contributed by atoms with E-state index < -0.39 is 25.5 Å². The van der Waals surface area contributed by atoms with Crippen LogP contribution in [-0.2, 0) is 15.5 Å². The molecule has 0 N–H and O–H groups in total. The van der Waals surface area contributed by atoms with E-state index in [1.165, 1.54) is 0 Å². The van der Waals surface area contributed by atoms with E-state index in [-0.39, 0.29) is 17.7 Å². The lowest BCUT2D eigenvalue weighted by molar-refractivity contribution is -0.385. The molecule has 0 spiro atoms. The van der Waals surface area contributed by atoms with Crippen molar-refractivity contribution in [1.29, 1.82) is 0 Å². The summed E-state index contributed by atoms with van der Waals surface area (Å²) in [6, 6.07) is 2.93. The second-order valence-electron chi connectivity index (χ2n) is 3.03. The lowest BCUT2D eigenvalue weighted by Gasteiger charge is -2.01. The molecule has 0 aliphatic carbocycles. The lowest BCUT2D eigenvalue weighted by Crippen LogP contribution is -2.03. The first-order chi connectivity index (χ1) is 7.29. The summed E-state index contributed by atoms with van der Waals surface area (Å²) >= 11 is 0. The van der Waals surface area contributed by atoms with Gasteiger partial charge in [0.05, 0.1) is 10.7 Å². The van der Waals surface area contributed by atoms with Gasteiger partial charge < -0.3 is 0 Å². The molecule has 0 saturated heterocycles. The van der Waals surface area contributed by atoms with E-state index in [0.717, 1.165) is 18.2 Å². The van der Waals surface area contributed by atoms with Gasteiger partial charge in [-0.15, -0.1) is 0 Å². The Morgan fingerprint density at radius 1 is 1.44 bits per heavy atom. The molecule has 0 saturated carbocycles. The molecule has 0 atom stereocenters. The second kappa shape index (κ2) is 4.75. The van der Waals surface area contributed by atoms with Crippen molar-refractivity contribution in [1.82, 2.24) is 0 Å². The molecule has 16 heavy (non-hydrogen) atoms. The van der Waals surface area contributed by atoms with Gasteiger partial charge in [0.15, 0.2) is 0 Å². The van der Waals surface area contributed by atoms with Gasteiger partial charge in [-0.2, -0.15) is 0 Å². The molecule has 0 aliphatic rings. The number of benzene rings is 1. The third-order valence-electron chi connectivity index (χ3n) is 1.86. The highest BCUT2D eigenvalue weighted by atomic mass is 35.7. The highest BCUT2D eigenvalue weighted by molar-refractivity contribution is 8.13. The summed E-state index contributed by atoms with van der Waals surface area (Å²) in [4.78, 5) is 9.72. The minimum absolute atomic E-state index is 0.0431. The van der Waals surface area contributed by atoms with Crippen LogP contribution in [0.4, 0.5) is 10.1 Å². The fourth-order valence-corrected chi connectivity index (χ4v) is 1.79. The van der Waals surface area contributed by atoms with Crippen LogP contribution in [0.1, 0.15) is 5.56 Å². The summed E-state index contributed by atoms with van der Waals surface area (Å²) in [7, 11) is 1.22. The predicted molar refractivity (Wildman–Crippen MR) is 56.4 cm³/mol. The third kappa shape index (κ3) is 3.74. The van der Waals surface area contributed by atoms with Crippen LogP contribution in [0.25, 0.3) is 0 Å². The Kier molecular flexibility index (Phi) is 3.82. The minimum Gasteiger partial charge on any atom is -0.258 e. The van der Waals surface area contributed by atoms with Gasteiger partial charge in [0.2, 0.25) is 9.05 Å². The molecule has 0 amide bonds. The van der Waals surface area contributed by atoms with Gasteiger partial charge in [-0.05, 0) is 18.1 Å². The Morgan fingerprint density at radius 3 is 2.56 bits per heavy atom. The van der Waals surface area contributed by atoms with E-state index in [9.17, 15) is 22.9 Å². The average molecular weight is 268 g/mol. The molecule has 5 nitrogen and oxygen atoms in total. The number of aryl methyl sites for hydroxylation is 1. The normalized spacial score (nSPS) is 11.4. The van der Waals surface area contributed by atoms with E-state index in [4.69, 9.17) is 10.7 Å². The Labute approximate surface area is 95.4 Å². The van der Waals surface area contributed by atoms with Crippen molar-refractivity contribution in [3.8, 4) is 0 Å². The number of nitro groups is 1. The molecular weight excluding hydrogens is 261 g/mol. The molecule has 0 bridgehead atoms. The zero-order valence-corrected chi connectivity index (χ0v) is 9.46. The molecule has 0 heterocycles. The Hall–Kier alpha value is -1.21. The molecule has 1 rings (SSSR count). The quantitative estimate of drug-likeness (QED) is 0.474. The summed E-state index contributed by atoms with van der Waals surface area (Å²) in [5, 5.41) is 10.4. The van der Waals surface area contributed by atoms with Crippen LogP contribution in [0.15, 0.2) is 18.2 Å². The summed E-state index contributed by atoms with van der Waals surface area (Å²) in [5.41, 5.74) is -0.332. The number of hydrogen-bond donors (Lipinski definition) is 0. The van der Waals surface area contributed by atoms with Crippen LogP contribution in [0.5, 0.6) is 0 Å². The molecule has 1 aromatic rings. The van der Waals surface area contributed by atoms with Gasteiger partial charge in [-0.25, -0.2) is 12.8 Å². The first-order valence-electron chi connectivity index (χ1n) is 4.15.